The summed E-state index contributed by atoms with van der Waals surface area (Å²) in [5.41, 5.74) is 0.460. The van der Waals surface area contributed by atoms with E-state index in [4.69, 9.17) is 16.7 Å². The Morgan fingerprint density at radius 1 is 1.41 bits per heavy atom. The summed E-state index contributed by atoms with van der Waals surface area (Å²) >= 11 is 9.09. The standard InChI is InChI=1S/C11H9BrClNO3/c12-9-2-1-7(13)3-8(9)10(15)14-4-6(5-14)11(16)17/h1-3,6H,4-5H2,(H,16,17). The summed E-state index contributed by atoms with van der Waals surface area (Å²) in [5, 5.41) is 9.21. The maximum absolute atomic E-state index is 12.0. The van der Waals surface area contributed by atoms with Gasteiger partial charge in [-0.25, -0.2) is 0 Å². The summed E-state index contributed by atoms with van der Waals surface area (Å²) in [6.45, 7) is 0.514. The quantitative estimate of drug-likeness (QED) is 0.910. The van der Waals surface area contributed by atoms with E-state index in [1.54, 1.807) is 18.2 Å². The number of hydrogen-bond donors (Lipinski definition) is 1. The van der Waals surface area contributed by atoms with Crippen LogP contribution in [-0.4, -0.2) is 35.0 Å². The normalized spacial score (nSPS) is 15.5. The minimum absolute atomic E-state index is 0.197. The Labute approximate surface area is 111 Å². The van der Waals surface area contributed by atoms with Crippen LogP contribution in [0.25, 0.3) is 0 Å². The van der Waals surface area contributed by atoms with Crippen LogP contribution in [0, 0.1) is 5.92 Å². The summed E-state index contributed by atoms with van der Waals surface area (Å²) in [6.07, 6.45) is 0. The number of carbonyl (C=O) groups excluding carboxylic acids is 1. The van der Waals surface area contributed by atoms with Gasteiger partial charge in [-0.15, -0.1) is 0 Å². The molecule has 17 heavy (non-hydrogen) atoms. The van der Waals surface area contributed by atoms with Gasteiger partial charge in [-0.05, 0) is 34.1 Å². The Balaban J connectivity index is 2.11. The molecule has 0 atom stereocenters. The highest BCUT2D eigenvalue weighted by molar-refractivity contribution is 9.10. The molecule has 2 rings (SSSR count). The van der Waals surface area contributed by atoms with E-state index in [1.165, 1.54) is 4.90 Å². The molecule has 1 aliphatic heterocycles. The van der Waals surface area contributed by atoms with Crippen molar-refractivity contribution in [1.29, 1.82) is 0 Å². The summed E-state index contributed by atoms with van der Waals surface area (Å²) < 4.78 is 0.658. The maximum Gasteiger partial charge on any atom is 0.310 e. The van der Waals surface area contributed by atoms with E-state index in [0.29, 0.717) is 15.1 Å². The number of rotatable bonds is 2. The highest BCUT2D eigenvalue weighted by Crippen LogP contribution is 2.25. The van der Waals surface area contributed by atoms with Crippen LogP contribution < -0.4 is 0 Å². The molecule has 1 saturated heterocycles. The van der Waals surface area contributed by atoms with Gasteiger partial charge in [-0.1, -0.05) is 11.6 Å². The number of carboxylic acids is 1. The maximum atomic E-state index is 12.0. The van der Waals surface area contributed by atoms with E-state index in [0.717, 1.165) is 0 Å². The first-order chi connectivity index (χ1) is 7.99. The second-order valence-corrected chi connectivity index (χ2v) is 5.16. The highest BCUT2D eigenvalue weighted by atomic mass is 79.9. The van der Waals surface area contributed by atoms with Crippen LogP contribution in [0.5, 0.6) is 0 Å². The smallest absolute Gasteiger partial charge is 0.310 e. The third kappa shape index (κ3) is 2.45. The van der Waals surface area contributed by atoms with Crippen molar-refractivity contribution in [3.05, 3.63) is 33.3 Å². The van der Waals surface area contributed by atoms with Crippen LogP contribution in [0.15, 0.2) is 22.7 Å². The van der Waals surface area contributed by atoms with Gasteiger partial charge >= 0.3 is 5.97 Å². The number of amides is 1. The molecule has 1 aromatic rings. The SMILES string of the molecule is O=C(O)C1CN(C(=O)c2cc(Cl)ccc2Br)C1. The van der Waals surface area contributed by atoms with Crippen LogP contribution >= 0.6 is 27.5 Å². The fraction of sp³-hybridized carbons (Fsp3) is 0.273. The lowest BCUT2D eigenvalue weighted by Gasteiger charge is -2.36. The lowest BCUT2D eigenvalue weighted by molar-refractivity contribution is -0.146. The zero-order valence-corrected chi connectivity index (χ0v) is 11.0. The molecular weight excluding hydrogens is 309 g/mol. The first kappa shape index (κ1) is 12.4. The third-order valence-electron chi connectivity index (χ3n) is 2.68. The van der Waals surface area contributed by atoms with E-state index in [2.05, 4.69) is 15.9 Å². The zero-order chi connectivity index (χ0) is 12.6. The van der Waals surface area contributed by atoms with Crippen molar-refractivity contribution < 1.29 is 14.7 Å². The van der Waals surface area contributed by atoms with Gasteiger partial charge < -0.3 is 10.0 Å². The lowest BCUT2D eigenvalue weighted by Crippen LogP contribution is -2.53. The first-order valence-electron chi connectivity index (χ1n) is 4.96. The molecule has 1 heterocycles. The van der Waals surface area contributed by atoms with E-state index in [9.17, 15) is 9.59 Å². The van der Waals surface area contributed by atoms with Crippen molar-refractivity contribution in [2.24, 2.45) is 5.92 Å². The third-order valence-corrected chi connectivity index (χ3v) is 3.60. The molecule has 1 N–H and O–H groups in total. The molecule has 0 spiro atoms. The fourth-order valence-corrected chi connectivity index (χ4v) is 2.22. The van der Waals surface area contributed by atoms with Crippen LogP contribution in [0.4, 0.5) is 0 Å². The Kier molecular flexibility index (Phi) is 3.40. The number of aliphatic carboxylic acids is 1. The van der Waals surface area contributed by atoms with Gasteiger partial charge in [0.15, 0.2) is 0 Å². The van der Waals surface area contributed by atoms with Crippen molar-refractivity contribution in [3.63, 3.8) is 0 Å². The number of carbonyl (C=O) groups is 2. The summed E-state index contributed by atoms with van der Waals surface area (Å²) in [4.78, 5) is 24.1. The zero-order valence-electron chi connectivity index (χ0n) is 8.69. The molecule has 0 radical (unpaired) electrons. The van der Waals surface area contributed by atoms with Crippen LogP contribution in [0.3, 0.4) is 0 Å². The minimum Gasteiger partial charge on any atom is -0.481 e. The molecule has 0 saturated carbocycles. The summed E-state index contributed by atoms with van der Waals surface area (Å²) in [6, 6.07) is 4.95. The molecule has 0 unspecified atom stereocenters. The Morgan fingerprint density at radius 2 is 2.06 bits per heavy atom. The molecule has 0 aliphatic carbocycles. The average molecular weight is 319 g/mol. The number of likely N-dealkylation sites (tertiary alicyclic amines) is 1. The second-order valence-electron chi connectivity index (χ2n) is 3.87. The first-order valence-corrected chi connectivity index (χ1v) is 6.13. The molecule has 4 nitrogen and oxygen atoms in total. The van der Waals surface area contributed by atoms with Gasteiger partial charge in [0.2, 0.25) is 0 Å². The number of halogens is 2. The van der Waals surface area contributed by atoms with Gasteiger partial charge in [0.05, 0.1) is 11.5 Å². The Bertz CT molecular complexity index is 486. The van der Waals surface area contributed by atoms with Gasteiger partial charge in [-0.2, -0.15) is 0 Å². The summed E-state index contributed by atoms with van der Waals surface area (Å²) in [7, 11) is 0. The largest absolute Gasteiger partial charge is 0.481 e. The number of carboxylic acid groups (broad SMARTS) is 1. The topological polar surface area (TPSA) is 57.6 Å². The number of benzene rings is 1. The van der Waals surface area contributed by atoms with Crippen LogP contribution in [-0.2, 0) is 4.79 Å². The predicted molar refractivity (Wildman–Crippen MR) is 66.2 cm³/mol. The molecule has 90 valence electrons. The van der Waals surface area contributed by atoms with Crippen LogP contribution in [0.1, 0.15) is 10.4 Å². The Hall–Kier alpha value is -1.07. The second kappa shape index (κ2) is 4.66. The van der Waals surface area contributed by atoms with E-state index >= 15 is 0 Å². The Morgan fingerprint density at radius 3 is 2.65 bits per heavy atom. The van der Waals surface area contributed by atoms with Gasteiger partial charge in [0.25, 0.3) is 5.91 Å². The fourth-order valence-electron chi connectivity index (χ4n) is 1.63. The molecule has 1 amide bonds. The molecule has 0 aromatic heterocycles. The molecule has 0 bridgehead atoms. The summed E-state index contributed by atoms with van der Waals surface area (Å²) in [5.74, 6) is -1.51. The van der Waals surface area contributed by atoms with Crippen molar-refractivity contribution in [3.8, 4) is 0 Å². The van der Waals surface area contributed by atoms with Crippen molar-refractivity contribution >= 4 is 39.4 Å². The lowest BCUT2D eigenvalue weighted by atomic mass is 9.99. The predicted octanol–water partition coefficient (Wildman–Crippen LogP) is 2.26. The van der Waals surface area contributed by atoms with Crippen LogP contribution in [0.2, 0.25) is 5.02 Å². The number of nitrogens with zero attached hydrogens (tertiary/aromatic N) is 1. The number of hydrogen-bond acceptors (Lipinski definition) is 2. The van der Waals surface area contributed by atoms with Crippen molar-refractivity contribution in [1.82, 2.24) is 4.90 Å². The van der Waals surface area contributed by atoms with E-state index in [-0.39, 0.29) is 19.0 Å². The van der Waals surface area contributed by atoms with E-state index < -0.39 is 11.9 Å². The molecule has 1 fully saturated rings. The molecule has 6 heteroatoms. The molecule has 1 aliphatic rings. The van der Waals surface area contributed by atoms with Gasteiger partial charge in [0.1, 0.15) is 0 Å². The highest BCUT2D eigenvalue weighted by Gasteiger charge is 2.36. The molecular formula is C11H9BrClNO3. The average Bonchev–Trinajstić information content (AvgIpc) is 2.18. The molecule has 1 aromatic carbocycles. The van der Waals surface area contributed by atoms with E-state index in [1.807, 2.05) is 0 Å². The van der Waals surface area contributed by atoms with Gasteiger partial charge in [0, 0.05) is 22.6 Å². The minimum atomic E-state index is -0.862. The van der Waals surface area contributed by atoms with Crippen molar-refractivity contribution in [2.45, 2.75) is 0 Å². The van der Waals surface area contributed by atoms with Crippen molar-refractivity contribution in [2.75, 3.05) is 13.1 Å². The van der Waals surface area contributed by atoms with Gasteiger partial charge in [-0.3, -0.25) is 9.59 Å². The monoisotopic (exact) mass is 317 g/mol.